The maximum absolute atomic E-state index is 12.1. The Hall–Kier alpha value is -2.50. The third-order valence-corrected chi connectivity index (χ3v) is 3.11. The van der Waals surface area contributed by atoms with E-state index < -0.39 is 0 Å². The highest BCUT2D eigenvalue weighted by Crippen LogP contribution is 2.24. The summed E-state index contributed by atoms with van der Waals surface area (Å²) >= 11 is 0. The van der Waals surface area contributed by atoms with Gasteiger partial charge in [0.15, 0.2) is 0 Å². The van der Waals surface area contributed by atoms with Crippen LogP contribution in [0.3, 0.4) is 0 Å². The zero-order valence-corrected chi connectivity index (χ0v) is 10.2. The molecule has 1 aliphatic rings. The molecule has 0 radical (unpaired) electrons. The molecule has 0 saturated carbocycles. The van der Waals surface area contributed by atoms with Crippen molar-refractivity contribution in [2.24, 2.45) is 5.92 Å². The summed E-state index contributed by atoms with van der Waals surface area (Å²) in [5.41, 5.74) is 2.25. The molecule has 2 heterocycles. The predicted molar refractivity (Wildman–Crippen MR) is 70.6 cm³/mol. The van der Waals surface area contributed by atoms with E-state index in [1.807, 2.05) is 24.3 Å². The Morgan fingerprint density at radius 3 is 3.05 bits per heavy atom. The van der Waals surface area contributed by atoms with Crippen LogP contribution < -0.4 is 10.6 Å². The van der Waals surface area contributed by atoms with Crippen molar-refractivity contribution in [2.75, 3.05) is 17.2 Å². The molecule has 2 N–H and O–H groups in total. The molecule has 1 unspecified atom stereocenters. The minimum Gasteiger partial charge on any atom is -0.384 e. The molecular weight excluding hydrogens is 242 g/mol. The average Bonchev–Trinajstić information content (AvgIpc) is 2.48. The van der Waals surface area contributed by atoms with Crippen molar-refractivity contribution in [3.8, 4) is 0 Å². The second-order valence-electron chi connectivity index (χ2n) is 4.39. The summed E-state index contributed by atoms with van der Waals surface area (Å²) in [5, 5.41) is 13.4. The highest BCUT2D eigenvalue weighted by molar-refractivity contribution is 5.92. The first-order chi connectivity index (χ1) is 9.33. The van der Waals surface area contributed by atoms with E-state index in [4.69, 9.17) is 0 Å². The van der Waals surface area contributed by atoms with Gasteiger partial charge in [0.2, 0.25) is 11.9 Å². The van der Waals surface area contributed by atoms with E-state index >= 15 is 0 Å². The number of hydrogen-bond donors (Lipinski definition) is 2. The molecular formula is C13H13N5O. The maximum Gasteiger partial charge on any atom is 0.249 e. The van der Waals surface area contributed by atoms with E-state index in [2.05, 4.69) is 25.8 Å². The van der Waals surface area contributed by atoms with Crippen LogP contribution in [0.5, 0.6) is 0 Å². The Balaban J connectivity index is 1.70. The minimum absolute atomic E-state index is 0.0880. The average molecular weight is 255 g/mol. The summed E-state index contributed by atoms with van der Waals surface area (Å²) < 4.78 is 0. The van der Waals surface area contributed by atoms with Gasteiger partial charge in [-0.2, -0.15) is 5.10 Å². The molecule has 2 aromatic rings. The van der Waals surface area contributed by atoms with E-state index in [0.717, 1.165) is 17.7 Å². The summed E-state index contributed by atoms with van der Waals surface area (Å²) in [4.78, 5) is 16.1. The van der Waals surface area contributed by atoms with E-state index in [9.17, 15) is 4.79 Å². The fourth-order valence-electron chi connectivity index (χ4n) is 2.14. The highest BCUT2D eigenvalue weighted by Gasteiger charge is 2.24. The van der Waals surface area contributed by atoms with Crippen LogP contribution in [-0.4, -0.2) is 27.6 Å². The topological polar surface area (TPSA) is 79.8 Å². The third-order valence-electron chi connectivity index (χ3n) is 3.11. The van der Waals surface area contributed by atoms with Crippen molar-refractivity contribution in [2.45, 2.75) is 6.42 Å². The van der Waals surface area contributed by atoms with E-state index in [-0.39, 0.29) is 17.8 Å². The Labute approximate surface area is 110 Å². The lowest BCUT2D eigenvalue weighted by Gasteiger charge is -2.24. The zero-order chi connectivity index (χ0) is 13.1. The van der Waals surface area contributed by atoms with Crippen molar-refractivity contribution in [1.29, 1.82) is 0 Å². The number of para-hydroxylation sites is 1. The predicted octanol–water partition coefficient (Wildman–Crippen LogP) is 1.09. The number of anilines is 2. The van der Waals surface area contributed by atoms with Gasteiger partial charge in [-0.3, -0.25) is 10.1 Å². The van der Waals surface area contributed by atoms with Crippen LogP contribution in [-0.2, 0) is 11.2 Å². The summed E-state index contributed by atoms with van der Waals surface area (Å²) in [6, 6.07) is 8.01. The number of aromatic nitrogens is 3. The Bertz CT molecular complexity index is 587. The van der Waals surface area contributed by atoms with Gasteiger partial charge in [0.25, 0.3) is 0 Å². The third kappa shape index (κ3) is 2.52. The number of nitrogens with one attached hydrogen (secondary N) is 2. The molecule has 1 amide bonds. The number of rotatable bonds is 2. The van der Waals surface area contributed by atoms with Crippen molar-refractivity contribution < 1.29 is 4.79 Å². The van der Waals surface area contributed by atoms with Gasteiger partial charge < -0.3 is 5.32 Å². The Morgan fingerprint density at radius 1 is 1.32 bits per heavy atom. The molecule has 1 aromatic carbocycles. The molecule has 1 atom stereocenters. The summed E-state index contributed by atoms with van der Waals surface area (Å²) in [6.45, 7) is 0.614. The molecule has 0 aliphatic carbocycles. The van der Waals surface area contributed by atoms with Gasteiger partial charge in [0.05, 0.1) is 18.3 Å². The van der Waals surface area contributed by atoms with Crippen LogP contribution in [0.25, 0.3) is 0 Å². The van der Waals surface area contributed by atoms with E-state index in [1.165, 1.54) is 12.4 Å². The first kappa shape index (κ1) is 11.6. The number of nitrogens with zero attached hydrogens (tertiary/aromatic N) is 3. The van der Waals surface area contributed by atoms with Crippen LogP contribution in [0.4, 0.5) is 11.6 Å². The Kier molecular flexibility index (Phi) is 3.06. The molecule has 6 nitrogen and oxygen atoms in total. The lowest BCUT2D eigenvalue weighted by molar-refractivity contribution is -0.119. The van der Waals surface area contributed by atoms with Gasteiger partial charge in [-0.25, -0.2) is 4.98 Å². The maximum atomic E-state index is 12.1. The van der Waals surface area contributed by atoms with E-state index in [1.54, 1.807) is 0 Å². The number of fused-ring (bicyclic) bond motifs is 1. The number of amides is 1. The van der Waals surface area contributed by atoms with E-state index in [0.29, 0.717) is 6.54 Å². The monoisotopic (exact) mass is 255 g/mol. The number of carbonyl (C=O) groups is 1. The van der Waals surface area contributed by atoms with Gasteiger partial charge in [0.1, 0.15) is 0 Å². The fraction of sp³-hybridized carbons (Fsp3) is 0.231. The van der Waals surface area contributed by atoms with Crippen molar-refractivity contribution in [3.05, 3.63) is 42.2 Å². The molecule has 3 rings (SSSR count). The zero-order valence-electron chi connectivity index (χ0n) is 10.2. The SMILES string of the molecule is O=C(Nc1nccnn1)C1CNc2ccccc2C1. The number of hydrogen-bond acceptors (Lipinski definition) is 5. The first-order valence-electron chi connectivity index (χ1n) is 6.09. The molecule has 1 aromatic heterocycles. The molecule has 96 valence electrons. The van der Waals surface area contributed by atoms with Crippen LogP contribution in [0.1, 0.15) is 5.56 Å². The second-order valence-corrected chi connectivity index (χ2v) is 4.39. The molecule has 0 spiro atoms. The lowest BCUT2D eigenvalue weighted by Crippen LogP contribution is -2.34. The Morgan fingerprint density at radius 2 is 2.21 bits per heavy atom. The summed E-state index contributed by atoms with van der Waals surface area (Å²) in [5.74, 6) is 0.0278. The molecule has 19 heavy (non-hydrogen) atoms. The van der Waals surface area contributed by atoms with Gasteiger partial charge in [-0.15, -0.1) is 5.10 Å². The minimum atomic E-state index is -0.126. The molecule has 0 saturated heterocycles. The van der Waals surface area contributed by atoms with Gasteiger partial charge in [-0.1, -0.05) is 18.2 Å². The van der Waals surface area contributed by atoms with Crippen molar-refractivity contribution >= 4 is 17.5 Å². The first-order valence-corrected chi connectivity index (χ1v) is 6.09. The van der Waals surface area contributed by atoms with Crippen molar-refractivity contribution in [3.63, 3.8) is 0 Å². The molecule has 0 fully saturated rings. The second kappa shape index (κ2) is 5.01. The lowest BCUT2D eigenvalue weighted by atomic mass is 9.93. The molecule has 6 heteroatoms. The van der Waals surface area contributed by atoms with Crippen LogP contribution in [0.2, 0.25) is 0 Å². The van der Waals surface area contributed by atoms with Crippen LogP contribution in [0.15, 0.2) is 36.7 Å². The molecule has 0 bridgehead atoms. The normalized spacial score (nSPS) is 17.2. The van der Waals surface area contributed by atoms with Gasteiger partial charge in [-0.05, 0) is 18.1 Å². The van der Waals surface area contributed by atoms with Crippen LogP contribution in [0, 0.1) is 5.92 Å². The van der Waals surface area contributed by atoms with Crippen molar-refractivity contribution in [1.82, 2.24) is 15.2 Å². The standard InChI is InChI=1S/C13H13N5O/c19-12(17-13-14-5-6-16-18-13)10-7-9-3-1-2-4-11(9)15-8-10/h1-6,10,15H,7-8H2,(H,14,17,18,19). The number of benzene rings is 1. The smallest absolute Gasteiger partial charge is 0.249 e. The van der Waals surface area contributed by atoms with Crippen LogP contribution >= 0.6 is 0 Å². The largest absolute Gasteiger partial charge is 0.384 e. The highest BCUT2D eigenvalue weighted by atomic mass is 16.2. The summed E-state index contributed by atoms with van der Waals surface area (Å²) in [6.07, 6.45) is 3.68. The fourth-order valence-corrected chi connectivity index (χ4v) is 2.14. The van der Waals surface area contributed by atoms with Gasteiger partial charge >= 0.3 is 0 Å². The number of carbonyl (C=O) groups excluding carboxylic acids is 1. The summed E-state index contributed by atoms with van der Waals surface area (Å²) in [7, 11) is 0. The molecule has 1 aliphatic heterocycles. The van der Waals surface area contributed by atoms with Gasteiger partial charge in [0, 0.05) is 12.2 Å². The quantitative estimate of drug-likeness (QED) is 0.839.